The van der Waals surface area contributed by atoms with Crippen LogP contribution < -0.4 is 16.4 Å². The fourth-order valence-corrected chi connectivity index (χ4v) is 1.84. The number of amides is 2. The highest BCUT2D eigenvalue weighted by molar-refractivity contribution is 5.95. The smallest absolute Gasteiger partial charge is 0.229 e. The van der Waals surface area contributed by atoms with Gasteiger partial charge in [-0.15, -0.1) is 0 Å². The van der Waals surface area contributed by atoms with Gasteiger partial charge in [-0.2, -0.15) is 0 Å². The minimum Gasteiger partial charge on any atom is -0.330 e. The fourth-order valence-electron chi connectivity index (χ4n) is 1.84. The van der Waals surface area contributed by atoms with Gasteiger partial charge in [0.2, 0.25) is 11.8 Å². The van der Waals surface area contributed by atoms with E-state index in [0.717, 1.165) is 0 Å². The Hall–Kier alpha value is -1.88. The molecule has 0 spiro atoms. The van der Waals surface area contributed by atoms with Gasteiger partial charge in [-0.25, -0.2) is 0 Å². The highest BCUT2D eigenvalue weighted by Crippen LogP contribution is 2.18. The molecule has 4 N–H and O–H groups in total. The quantitative estimate of drug-likeness (QED) is 0.745. The van der Waals surface area contributed by atoms with E-state index in [-0.39, 0.29) is 23.7 Å². The van der Waals surface area contributed by atoms with Gasteiger partial charge in [0.05, 0.1) is 5.92 Å². The van der Waals surface area contributed by atoms with Crippen LogP contribution in [0.3, 0.4) is 0 Å². The van der Waals surface area contributed by atoms with Gasteiger partial charge in [0.15, 0.2) is 0 Å². The van der Waals surface area contributed by atoms with E-state index in [0.29, 0.717) is 24.3 Å². The minimum atomic E-state index is -0.219. The number of hydrogen-bond acceptors (Lipinski definition) is 3. The van der Waals surface area contributed by atoms with E-state index in [2.05, 4.69) is 10.6 Å². The molecule has 0 aliphatic heterocycles. The third-order valence-electron chi connectivity index (χ3n) is 3.13. The molecule has 0 bridgehead atoms. The lowest BCUT2D eigenvalue weighted by Crippen LogP contribution is -2.33. The van der Waals surface area contributed by atoms with Gasteiger partial charge in [0.1, 0.15) is 0 Å². The number of rotatable bonds is 6. The van der Waals surface area contributed by atoms with Crippen LogP contribution in [0.4, 0.5) is 11.4 Å². The van der Waals surface area contributed by atoms with Crippen molar-refractivity contribution in [2.75, 3.05) is 17.2 Å². The van der Waals surface area contributed by atoms with Gasteiger partial charge in [-0.1, -0.05) is 26.8 Å². The van der Waals surface area contributed by atoms with Crippen LogP contribution in [0.2, 0.25) is 0 Å². The average molecular weight is 277 g/mol. The van der Waals surface area contributed by atoms with E-state index < -0.39 is 0 Å². The molecule has 1 aromatic carbocycles. The highest BCUT2D eigenvalue weighted by atomic mass is 16.2. The van der Waals surface area contributed by atoms with E-state index in [1.165, 1.54) is 0 Å². The van der Waals surface area contributed by atoms with Crippen LogP contribution >= 0.6 is 0 Å². The predicted molar refractivity (Wildman–Crippen MR) is 81.4 cm³/mol. The van der Waals surface area contributed by atoms with E-state index in [9.17, 15) is 9.59 Å². The topological polar surface area (TPSA) is 84.2 Å². The number of nitrogens with two attached hydrogens (primary N) is 1. The van der Waals surface area contributed by atoms with Crippen molar-refractivity contribution in [2.45, 2.75) is 27.2 Å². The van der Waals surface area contributed by atoms with Crippen molar-refractivity contribution in [3.63, 3.8) is 0 Å². The maximum Gasteiger partial charge on any atom is 0.229 e. The second-order valence-electron chi connectivity index (χ2n) is 5.06. The molecule has 20 heavy (non-hydrogen) atoms. The molecule has 1 aromatic rings. The molecule has 0 heterocycles. The first kappa shape index (κ1) is 16.2. The minimum absolute atomic E-state index is 0.0597. The third-order valence-corrected chi connectivity index (χ3v) is 3.13. The van der Waals surface area contributed by atoms with Crippen molar-refractivity contribution in [1.82, 2.24) is 0 Å². The van der Waals surface area contributed by atoms with Crippen LogP contribution in [-0.2, 0) is 9.59 Å². The van der Waals surface area contributed by atoms with Gasteiger partial charge in [-0.05, 0) is 24.1 Å². The summed E-state index contributed by atoms with van der Waals surface area (Å²) in [5.41, 5.74) is 6.95. The Labute approximate surface area is 119 Å². The van der Waals surface area contributed by atoms with E-state index in [1.54, 1.807) is 31.2 Å². The van der Waals surface area contributed by atoms with Crippen LogP contribution in [0, 0.1) is 11.8 Å². The lowest BCUT2D eigenvalue weighted by molar-refractivity contribution is -0.120. The summed E-state index contributed by atoms with van der Waals surface area (Å²) in [7, 11) is 0. The van der Waals surface area contributed by atoms with Gasteiger partial charge in [0, 0.05) is 24.3 Å². The zero-order valence-corrected chi connectivity index (χ0v) is 12.3. The van der Waals surface area contributed by atoms with Gasteiger partial charge in [0.25, 0.3) is 0 Å². The van der Waals surface area contributed by atoms with Crippen LogP contribution in [0.1, 0.15) is 27.2 Å². The van der Waals surface area contributed by atoms with Crippen molar-refractivity contribution in [3.05, 3.63) is 24.3 Å². The summed E-state index contributed by atoms with van der Waals surface area (Å²) in [6, 6.07) is 7.09. The molecule has 2 amide bonds. The molecule has 1 rings (SSSR count). The normalized spacial score (nSPS) is 12.1. The van der Waals surface area contributed by atoms with Crippen LogP contribution in [0.15, 0.2) is 24.3 Å². The summed E-state index contributed by atoms with van der Waals surface area (Å²) in [4.78, 5) is 23.4. The van der Waals surface area contributed by atoms with Crippen molar-refractivity contribution < 1.29 is 9.59 Å². The van der Waals surface area contributed by atoms with Gasteiger partial charge < -0.3 is 16.4 Å². The number of hydrogen-bond donors (Lipinski definition) is 3. The second-order valence-corrected chi connectivity index (χ2v) is 5.06. The molecule has 0 saturated carbocycles. The van der Waals surface area contributed by atoms with Crippen LogP contribution in [-0.4, -0.2) is 18.4 Å². The summed E-state index contributed by atoms with van der Waals surface area (Å²) in [5, 5.41) is 5.59. The molecular formula is C15H23N3O2. The number of carbonyl (C=O) groups excluding carboxylic acids is 2. The Bertz CT molecular complexity index is 472. The first-order chi connectivity index (χ1) is 9.47. The van der Waals surface area contributed by atoms with Crippen LogP contribution in [0.25, 0.3) is 0 Å². The zero-order valence-electron chi connectivity index (χ0n) is 12.3. The lowest BCUT2D eigenvalue weighted by atomic mass is 9.95. The largest absolute Gasteiger partial charge is 0.330 e. The monoisotopic (exact) mass is 277 g/mol. The average Bonchev–Trinajstić information content (AvgIpc) is 2.39. The van der Waals surface area contributed by atoms with Crippen molar-refractivity contribution >= 4 is 23.2 Å². The van der Waals surface area contributed by atoms with E-state index >= 15 is 0 Å². The molecule has 5 nitrogen and oxygen atoms in total. The predicted octanol–water partition coefficient (Wildman–Crippen LogP) is 2.20. The third kappa shape index (κ3) is 4.66. The Kier molecular flexibility index (Phi) is 6.18. The summed E-state index contributed by atoms with van der Waals surface area (Å²) < 4.78 is 0. The molecule has 110 valence electrons. The number of carbonyl (C=O) groups is 2. The van der Waals surface area contributed by atoms with Crippen molar-refractivity contribution in [1.29, 1.82) is 0 Å². The van der Waals surface area contributed by atoms with Crippen molar-refractivity contribution in [3.8, 4) is 0 Å². The standard InChI is InChI=1S/C15H23N3O2/c1-4-14(19)17-11-6-5-7-12(8-11)18-15(20)13(9-16)10(2)3/h5-8,10,13H,4,9,16H2,1-3H3,(H,17,19)(H,18,20). The van der Waals surface area contributed by atoms with E-state index in [4.69, 9.17) is 5.73 Å². The molecule has 0 fully saturated rings. The Morgan fingerprint density at radius 1 is 1.20 bits per heavy atom. The first-order valence-electron chi connectivity index (χ1n) is 6.88. The second kappa shape index (κ2) is 7.65. The summed E-state index contributed by atoms with van der Waals surface area (Å²) in [6.07, 6.45) is 0.416. The molecule has 1 unspecified atom stereocenters. The molecule has 5 heteroatoms. The molecule has 0 aliphatic carbocycles. The molecule has 0 aromatic heterocycles. The zero-order chi connectivity index (χ0) is 15.1. The Balaban J connectivity index is 2.75. The molecule has 0 aliphatic rings. The lowest BCUT2D eigenvalue weighted by Gasteiger charge is -2.18. The molecule has 1 atom stereocenters. The summed E-state index contributed by atoms with van der Waals surface area (Å²) in [6.45, 7) is 6.04. The molecular weight excluding hydrogens is 254 g/mol. The van der Waals surface area contributed by atoms with Crippen LogP contribution in [0.5, 0.6) is 0 Å². The van der Waals surface area contributed by atoms with Gasteiger partial charge >= 0.3 is 0 Å². The van der Waals surface area contributed by atoms with Crippen molar-refractivity contribution in [2.24, 2.45) is 17.6 Å². The fraction of sp³-hybridized carbons (Fsp3) is 0.467. The molecule has 0 radical (unpaired) electrons. The van der Waals surface area contributed by atoms with Gasteiger partial charge in [-0.3, -0.25) is 9.59 Å². The maximum atomic E-state index is 12.1. The Morgan fingerprint density at radius 2 is 1.80 bits per heavy atom. The number of benzene rings is 1. The number of nitrogens with one attached hydrogen (secondary N) is 2. The Morgan fingerprint density at radius 3 is 2.30 bits per heavy atom. The SMILES string of the molecule is CCC(=O)Nc1cccc(NC(=O)C(CN)C(C)C)c1. The summed E-state index contributed by atoms with van der Waals surface area (Å²) >= 11 is 0. The summed E-state index contributed by atoms with van der Waals surface area (Å²) in [5.74, 6) is -0.191. The first-order valence-corrected chi connectivity index (χ1v) is 6.88. The van der Waals surface area contributed by atoms with E-state index in [1.807, 2.05) is 13.8 Å². The highest BCUT2D eigenvalue weighted by Gasteiger charge is 2.20. The molecule has 0 saturated heterocycles. The number of anilines is 2. The maximum absolute atomic E-state index is 12.1.